The van der Waals surface area contributed by atoms with Gasteiger partial charge in [-0.1, -0.05) is 42.5 Å². The van der Waals surface area contributed by atoms with Gasteiger partial charge in [-0.05, 0) is 35.6 Å². The van der Waals surface area contributed by atoms with Crippen molar-refractivity contribution in [2.75, 3.05) is 11.6 Å². The second-order valence-electron chi connectivity index (χ2n) is 5.00. The molecule has 3 nitrogen and oxygen atoms in total. The van der Waals surface area contributed by atoms with Gasteiger partial charge in [-0.2, -0.15) is 0 Å². The highest BCUT2D eigenvalue weighted by atomic mass is 32.2. The van der Waals surface area contributed by atoms with E-state index in [1.807, 2.05) is 42.7 Å². The van der Waals surface area contributed by atoms with Gasteiger partial charge in [-0.3, -0.25) is 5.41 Å². The summed E-state index contributed by atoms with van der Waals surface area (Å²) >= 11 is 3.20. The Hall–Kier alpha value is -2.24. The fourth-order valence-corrected chi connectivity index (χ4v) is 3.95. The van der Waals surface area contributed by atoms with E-state index in [0.29, 0.717) is 0 Å². The predicted octanol–water partition coefficient (Wildman–Crippen LogP) is 5.16. The molecule has 116 valence electrons. The van der Waals surface area contributed by atoms with E-state index in [4.69, 9.17) is 11.1 Å². The van der Waals surface area contributed by atoms with Crippen molar-refractivity contribution in [3.8, 4) is 11.1 Å². The largest absolute Gasteiger partial charge is 0.383 e. The molecule has 1 heterocycles. The lowest BCUT2D eigenvalue weighted by Gasteiger charge is -2.08. The standard InChI is InChI=1S/C18H17N3S2/c1-22-18-15(11-16(23-18)17(19)20)21-14-9-5-8-13(10-14)12-6-3-2-4-7-12/h2-11,21H,1H3,(H3,19,20). The Kier molecular flexibility index (Phi) is 4.69. The molecule has 0 saturated carbocycles. The lowest BCUT2D eigenvalue weighted by atomic mass is 10.1. The molecule has 0 saturated heterocycles. The Balaban J connectivity index is 1.91. The normalized spacial score (nSPS) is 10.5. The molecule has 23 heavy (non-hydrogen) atoms. The van der Waals surface area contributed by atoms with E-state index in [1.54, 1.807) is 11.8 Å². The maximum absolute atomic E-state index is 7.60. The first-order valence-electron chi connectivity index (χ1n) is 7.12. The molecule has 0 radical (unpaired) electrons. The molecule has 1 aromatic heterocycles. The highest BCUT2D eigenvalue weighted by molar-refractivity contribution is 8.00. The van der Waals surface area contributed by atoms with Crippen LogP contribution in [0.2, 0.25) is 0 Å². The molecule has 0 spiro atoms. The fraction of sp³-hybridized carbons (Fsp3) is 0.0556. The van der Waals surface area contributed by atoms with Crippen molar-refractivity contribution >= 4 is 40.3 Å². The second-order valence-corrected chi connectivity index (χ2v) is 7.13. The predicted molar refractivity (Wildman–Crippen MR) is 102 cm³/mol. The number of thioether (sulfide) groups is 1. The number of amidine groups is 1. The van der Waals surface area contributed by atoms with E-state index in [0.717, 1.165) is 20.5 Å². The van der Waals surface area contributed by atoms with E-state index < -0.39 is 0 Å². The Labute approximate surface area is 144 Å². The van der Waals surface area contributed by atoms with E-state index in [-0.39, 0.29) is 5.84 Å². The zero-order chi connectivity index (χ0) is 16.2. The van der Waals surface area contributed by atoms with Crippen molar-refractivity contribution < 1.29 is 0 Å². The monoisotopic (exact) mass is 339 g/mol. The van der Waals surface area contributed by atoms with Crippen LogP contribution in [0.3, 0.4) is 0 Å². The van der Waals surface area contributed by atoms with Gasteiger partial charge in [0.25, 0.3) is 0 Å². The van der Waals surface area contributed by atoms with E-state index >= 15 is 0 Å². The summed E-state index contributed by atoms with van der Waals surface area (Å²) in [7, 11) is 0. The van der Waals surface area contributed by atoms with Crippen molar-refractivity contribution in [1.82, 2.24) is 0 Å². The summed E-state index contributed by atoms with van der Waals surface area (Å²) in [5.74, 6) is 0.108. The molecule has 0 bridgehead atoms. The van der Waals surface area contributed by atoms with Crippen LogP contribution in [0, 0.1) is 5.41 Å². The van der Waals surface area contributed by atoms with Crippen LogP contribution < -0.4 is 11.1 Å². The minimum absolute atomic E-state index is 0.108. The number of nitrogens with one attached hydrogen (secondary N) is 2. The van der Waals surface area contributed by atoms with Crippen molar-refractivity contribution in [2.24, 2.45) is 5.73 Å². The molecule has 0 atom stereocenters. The number of rotatable bonds is 5. The van der Waals surface area contributed by atoms with Crippen LogP contribution in [0.25, 0.3) is 11.1 Å². The first-order chi connectivity index (χ1) is 11.2. The first kappa shape index (κ1) is 15.6. The molecule has 0 aliphatic rings. The molecule has 0 unspecified atom stereocenters. The zero-order valence-corrected chi connectivity index (χ0v) is 14.3. The highest BCUT2D eigenvalue weighted by Crippen LogP contribution is 2.37. The number of benzene rings is 2. The summed E-state index contributed by atoms with van der Waals surface area (Å²) in [5.41, 5.74) is 9.98. The Morgan fingerprint density at radius 3 is 2.48 bits per heavy atom. The molecular weight excluding hydrogens is 322 g/mol. The average molecular weight is 339 g/mol. The smallest absolute Gasteiger partial charge is 0.133 e. The van der Waals surface area contributed by atoms with Gasteiger partial charge < -0.3 is 11.1 Å². The maximum atomic E-state index is 7.60. The van der Waals surface area contributed by atoms with Gasteiger partial charge in [0.1, 0.15) is 5.84 Å². The zero-order valence-electron chi connectivity index (χ0n) is 12.7. The Morgan fingerprint density at radius 1 is 1.04 bits per heavy atom. The summed E-state index contributed by atoms with van der Waals surface area (Å²) in [4.78, 5) is 0.788. The van der Waals surface area contributed by atoms with Gasteiger partial charge in [0, 0.05) is 5.69 Å². The average Bonchev–Trinajstić information content (AvgIpc) is 2.99. The van der Waals surface area contributed by atoms with Gasteiger partial charge in [-0.15, -0.1) is 23.1 Å². The van der Waals surface area contributed by atoms with Crippen molar-refractivity contribution in [1.29, 1.82) is 5.41 Å². The number of anilines is 2. The Morgan fingerprint density at radius 2 is 1.78 bits per heavy atom. The van der Waals surface area contributed by atoms with Crippen molar-refractivity contribution in [2.45, 2.75) is 4.21 Å². The first-order valence-corrected chi connectivity index (χ1v) is 9.16. The van der Waals surface area contributed by atoms with Crippen LogP contribution in [0.15, 0.2) is 64.9 Å². The number of nitrogen functional groups attached to an aromatic ring is 1. The van der Waals surface area contributed by atoms with Crippen LogP contribution in [-0.4, -0.2) is 12.1 Å². The number of nitrogens with two attached hydrogens (primary N) is 1. The molecule has 0 aliphatic heterocycles. The van der Waals surface area contributed by atoms with Crippen LogP contribution in [-0.2, 0) is 0 Å². The van der Waals surface area contributed by atoms with Crippen LogP contribution in [0.4, 0.5) is 11.4 Å². The molecule has 2 aromatic carbocycles. The van der Waals surface area contributed by atoms with Gasteiger partial charge >= 0.3 is 0 Å². The van der Waals surface area contributed by atoms with Crippen LogP contribution in [0.5, 0.6) is 0 Å². The quantitative estimate of drug-likeness (QED) is 0.341. The van der Waals surface area contributed by atoms with Gasteiger partial charge in [0.2, 0.25) is 0 Å². The molecular formula is C18H17N3S2. The summed E-state index contributed by atoms with van der Waals surface area (Å²) in [5, 5.41) is 11.0. The van der Waals surface area contributed by atoms with Gasteiger partial charge in [-0.25, -0.2) is 0 Å². The second kappa shape index (κ2) is 6.89. The minimum Gasteiger partial charge on any atom is -0.383 e. The number of thiophene rings is 1. The number of hydrogen-bond donors (Lipinski definition) is 3. The summed E-state index contributed by atoms with van der Waals surface area (Å²) in [6, 6.07) is 20.6. The third-order valence-electron chi connectivity index (χ3n) is 3.40. The SMILES string of the molecule is CSc1sc(C(=N)N)cc1Nc1cccc(-c2ccccc2)c1. The Bertz CT molecular complexity index is 825. The minimum atomic E-state index is 0.108. The number of hydrogen-bond acceptors (Lipinski definition) is 4. The summed E-state index contributed by atoms with van der Waals surface area (Å²) in [6.07, 6.45) is 2.03. The van der Waals surface area contributed by atoms with E-state index in [9.17, 15) is 0 Å². The van der Waals surface area contributed by atoms with Crippen molar-refractivity contribution in [3.63, 3.8) is 0 Å². The molecule has 4 N–H and O–H groups in total. The highest BCUT2D eigenvalue weighted by Gasteiger charge is 2.10. The molecule has 3 aromatic rings. The van der Waals surface area contributed by atoms with Gasteiger partial charge in [0.05, 0.1) is 14.8 Å². The molecule has 0 fully saturated rings. The lowest BCUT2D eigenvalue weighted by molar-refractivity contribution is 1.45. The van der Waals surface area contributed by atoms with E-state index in [1.165, 1.54) is 22.5 Å². The summed E-state index contributed by atoms with van der Waals surface area (Å²) in [6.45, 7) is 0. The third-order valence-corrected chi connectivity index (χ3v) is 5.70. The lowest BCUT2D eigenvalue weighted by Crippen LogP contribution is -2.08. The molecule has 0 amide bonds. The van der Waals surface area contributed by atoms with Crippen molar-refractivity contribution in [3.05, 3.63) is 65.5 Å². The molecule has 3 rings (SSSR count). The topological polar surface area (TPSA) is 61.9 Å². The van der Waals surface area contributed by atoms with Crippen LogP contribution in [0.1, 0.15) is 4.88 Å². The molecule has 0 aliphatic carbocycles. The molecule has 5 heteroatoms. The third kappa shape index (κ3) is 3.57. The van der Waals surface area contributed by atoms with E-state index in [2.05, 4.69) is 29.6 Å². The maximum Gasteiger partial charge on any atom is 0.133 e. The summed E-state index contributed by atoms with van der Waals surface area (Å²) < 4.78 is 1.13. The fourth-order valence-electron chi connectivity index (χ4n) is 2.31. The van der Waals surface area contributed by atoms with Gasteiger partial charge in [0.15, 0.2) is 0 Å². The van der Waals surface area contributed by atoms with Crippen LogP contribution >= 0.6 is 23.1 Å².